The number of likely N-dealkylation sites (N-methyl/N-ethyl adjacent to an activating group) is 1. The highest BCUT2D eigenvalue weighted by Gasteiger charge is 2.24. The van der Waals surface area contributed by atoms with Crippen molar-refractivity contribution in [3.63, 3.8) is 0 Å². The molecule has 1 amide bonds. The quantitative estimate of drug-likeness (QED) is 0.318. The van der Waals surface area contributed by atoms with Gasteiger partial charge < -0.3 is 24.4 Å². The van der Waals surface area contributed by atoms with Crippen molar-refractivity contribution in [3.05, 3.63) is 74.2 Å². The van der Waals surface area contributed by atoms with Gasteiger partial charge in [0.15, 0.2) is 5.43 Å². The predicted octanol–water partition coefficient (Wildman–Crippen LogP) is 4.50. The number of aromatic nitrogens is 2. The topological polar surface area (TPSA) is 94.8 Å². The number of nitrogens with zero attached hydrogens (tertiary/aromatic N) is 5. The van der Waals surface area contributed by atoms with Crippen molar-refractivity contribution in [2.24, 2.45) is 0 Å². The third-order valence-corrected chi connectivity index (χ3v) is 8.49. The number of hydrogen-bond acceptors (Lipinski definition) is 8. The number of allylic oxidation sites excluding steroid dienone is 3. The van der Waals surface area contributed by atoms with Crippen LogP contribution in [0, 0.1) is 13.8 Å². The van der Waals surface area contributed by atoms with Crippen LogP contribution in [0.3, 0.4) is 0 Å². The zero-order chi connectivity index (χ0) is 30.8. The molecule has 0 radical (unpaired) electrons. The first-order valence-electron chi connectivity index (χ1n) is 14.9. The first kappa shape index (κ1) is 33.5. The van der Waals surface area contributed by atoms with Crippen LogP contribution in [0.2, 0.25) is 0 Å². The Morgan fingerprint density at radius 1 is 1.26 bits per heavy atom. The van der Waals surface area contributed by atoms with Gasteiger partial charge in [0.25, 0.3) is 5.91 Å². The van der Waals surface area contributed by atoms with Crippen molar-refractivity contribution in [1.29, 1.82) is 0 Å². The Morgan fingerprint density at radius 3 is 2.60 bits per heavy atom. The van der Waals surface area contributed by atoms with E-state index in [2.05, 4.69) is 50.5 Å². The Morgan fingerprint density at radius 2 is 1.98 bits per heavy atom. The summed E-state index contributed by atoms with van der Waals surface area (Å²) < 4.78 is 5.84. The smallest absolute Gasteiger partial charge is 0.271 e. The Kier molecular flexibility index (Phi) is 12.8. The van der Waals surface area contributed by atoms with Crippen LogP contribution in [-0.2, 0) is 12.8 Å². The van der Waals surface area contributed by atoms with Crippen LogP contribution >= 0.6 is 11.6 Å². The largest absolute Gasteiger partial charge is 0.468 e. The summed E-state index contributed by atoms with van der Waals surface area (Å²) in [5.41, 5.74) is 3.46. The van der Waals surface area contributed by atoms with E-state index in [4.69, 9.17) is 16.0 Å². The lowest BCUT2D eigenvalue weighted by molar-refractivity contribution is 0.0957. The van der Waals surface area contributed by atoms with E-state index in [9.17, 15) is 9.59 Å². The summed E-state index contributed by atoms with van der Waals surface area (Å²) >= 11 is 5.94. The number of carbonyl (C=O) groups is 1. The summed E-state index contributed by atoms with van der Waals surface area (Å²) in [5.74, 6) is 1.29. The molecule has 1 aliphatic heterocycles. The lowest BCUT2D eigenvalue weighted by Crippen LogP contribution is -2.46. The molecule has 0 aliphatic carbocycles. The third-order valence-electron chi connectivity index (χ3n) is 8.19. The molecule has 2 aromatic heterocycles. The molecule has 1 saturated heterocycles. The molecule has 0 bridgehead atoms. The Labute approximate surface area is 255 Å². The number of likely N-dealkylation sites (tertiary alicyclic amines) is 1. The van der Waals surface area contributed by atoms with Gasteiger partial charge in [-0.15, -0.1) is 0 Å². The molecule has 0 spiro atoms. The average molecular weight is 599 g/mol. The average Bonchev–Trinajstić information content (AvgIpc) is 2.99. The van der Waals surface area contributed by atoms with Crippen LogP contribution in [0.1, 0.15) is 66.2 Å². The van der Waals surface area contributed by atoms with Crippen LogP contribution in [0.25, 0.3) is 0 Å². The van der Waals surface area contributed by atoms with Crippen molar-refractivity contribution in [1.82, 2.24) is 25.1 Å². The second-order valence-electron chi connectivity index (χ2n) is 11.2. The second-order valence-corrected chi connectivity index (χ2v) is 11.6. The Balaban J connectivity index is 1.49. The van der Waals surface area contributed by atoms with Crippen molar-refractivity contribution in [2.45, 2.75) is 65.8 Å². The van der Waals surface area contributed by atoms with Crippen LogP contribution in [0.5, 0.6) is 0 Å². The summed E-state index contributed by atoms with van der Waals surface area (Å²) in [4.78, 5) is 41.1. The SMILES string of the molecule is C=C(Cl)/C(C)=C\Cc1occ(CCN2CCC(N(C)CCN(CCC)c3ncc(C(=O)NC)nc3C)CC2)c(=O)c1C. The monoisotopic (exact) mass is 598 g/mol. The molecule has 0 saturated carbocycles. The van der Waals surface area contributed by atoms with Crippen molar-refractivity contribution in [2.75, 3.05) is 58.3 Å². The van der Waals surface area contributed by atoms with Crippen molar-refractivity contribution < 1.29 is 9.21 Å². The molecule has 0 unspecified atom stereocenters. The second kappa shape index (κ2) is 16.0. The molecule has 10 heteroatoms. The summed E-state index contributed by atoms with van der Waals surface area (Å²) in [5, 5.41) is 3.10. The fourth-order valence-corrected chi connectivity index (χ4v) is 5.40. The fourth-order valence-electron chi connectivity index (χ4n) is 5.32. The van der Waals surface area contributed by atoms with Gasteiger partial charge in [0.05, 0.1) is 18.2 Å². The van der Waals surface area contributed by atoms with E-state index in [0.717, 1.165) is 81.2 Å². The molecule has 1 fully saturated rings. The third kappa shape index (κ3) is 8.99. The van der Waals surface area contributed by atoms with Gasteiger partial charge in [-0.1, -0.05) is 31.2 Å². The highest BCUT2D eigenvalue weighted by molar-refractivity contribution is 6.31. The van der Waals surface area contributed by atoms with Crippen molar-refractivity contribution >= 4 is 23.3 Å². The van der Waals surface area contributed by atoms with Gasteiger partial charge in [-0.3, -0.25) is 9.59 Å². The maximum Gasteiger partial charge on any atom is 0.271 e. The van der Waals surface area contributed by atoms with Gasteiger partial charge in [0.1, 0.15) is 17.3 Å². The number of amides is 1. The summed E-state index contributed by atoms with van der Waals surface area (Å²) in [6, 6.07) is 0.514. The molecule has 9 nitrogen and oxygen atoms in total. The highest BCUT2D eigenvalue weighted by Crippen LogP contribution is 2.19. The minimum absolute atomic E-state index is 0.0708. The Bertz CT molecular complexity index is 1320. The standard InChI is InChI=1S/C32H47ClN6O3/c1-8-14-39(31-25(5)36-28(20-35-31)32(41)34-6)19-18-37(7)27-12-16-38(17-13-27)15-11-26-21-42-29(23(3)30(26)40)10-9-22(2)24(4)33/h9,20-21,27H,4,8,10-19H2,1-3,5-7H3,(H,34,41)/b22-9-. The summed E-state index contributed by atoms with van der Waals surface area (Å²) in [7, 11) is 3.80. The number of rotatable bonds is 14. The molecule has 1 aliphatic rings. The van der Waals surface area contributed by atoms with Crippen LogP contribution in [0.4, 0.5) is 5.82 Å². The number of hydrogen-bond donors (Lipinski definition) is 1. The fraction of sp³-hybridized carbons (Fsp3) is 0.562. The molecule has 3 rings (SSSR count). The molecule has 230 valence electrons. The van der Waals surface area contributed by atoms with Gasteiger partial charge >= 0.3 is 0 Å². The van der Waals surface area contributed by atoms with Gasteiger partial charge in [0.2, 0.25) is 0 Å². The van der Waals surface area contributed by atoms with Crippen LogP contribution in [-0.4, -0.2) is 85.1 Å². The lowest BCUT2D eigenvalue weighted by atomic mass is 10.0. The number of anilines is 1. The Hall–Kier alpha value is -3.01. The van der Waals surface area contributed by atoms with Gasteiger partial charge in [-0.2, -0.15) is 0 Å². The van der Waals surface area contributed by atoms with E-state index in [1.165, 1.54) is 0 Å². The van der Waals surface area contributed by atoms with Gasteiger partial charge in [-0.25, -0.2) is 9.97 Å². The van der Waals surface area contributed by atoms with Crippen LogP contribution < -0.4 is 15.6 Å². The summed E-state index contributed by atoms with van der Waals surface area (Å²) in [6.07, 6.45) is 9.51. The zero-order valence-electron chi connectivity index (χ0n) is 26.1. The molecule has 0 atom stereocenters. The van der Waals surface area contributed by atoms with Gasteiger partial charge in [0, 0.05) is 61.8 Å². The van der Waals surface area contributed by atoms with E-state index in [1.54, 1.807) is 19.5 Å². The van der Waals surface area contributed by atoms with Crippen molar-refractivity contribution in [3.8, 4) is 0 Å². The molecule has 0 aromatic carbocycles. The first-order valence-corrected chi connectivity index (χ1v) is 15.3. The van der Waals surface area contributed by atoms with E-state index in [0.29, 0.717) is 40.9 Å². The first-order chi connectivity index (χ1) is 20.0. The van der Waals surface area contributed by atoms with E-state index >= 15 is 0 Å². The molecule has 42 heavy (non-hydrogen) atoms. The van der Waals surface area contributed by atoms with E-state index in [1.807, 2.05) is 26.8 Å². The zero-order valence-corrected chi connectivity index (χ0v) is 26.9. The van der Waals surface area contributed by atoms with Crippen LogP contribution in [0.15, 0.2) is 44.9 Å². The minimum Gasteiger partial charge on any atom is -0.468 e. The number of aryl methyl sites for hydroxylation is 1. The molecule has 3 heterocycles. The van der Waals surface area contributed by atoms with E-state index in [-0.39, 0.29) is 11.3 Å². The molecule has 1 N–H and O–H groups in total. The number of carbonyl (C=O) groups excluding carboxylic acids is 1. The molecule has 2 aromatic rings. The molecular weight excluding hydrogens is 552 g/mol. The number of piperidine rings is 1. The highest BCUT2D eigenvalue weighted by atomic mass is 35.5. The van der Waals surface area contributed by atoms with E-state index < -0.39 is 0 Å². The maximum absolute atomic E-state index is 13.0. The molecular formula is C32H47ClN6O3. The normalized spacial score (nSPS) is 14.8. The number of halogens is 1. The minimum atomic E-state index is -0.226. The van der Waals surface area contributed by atoms with Gasteiger partial charge in [-0.05, 0) is 72.2 Å². The lowest BCUT2D eigenvalue weighted by Gasteiger charge is -2.37. The maximum atomic E-state index is 13.0. The summed E-state index contributed by atoms with van der Waals surface area (Å²) in [6.45, 7) is 17.0. The number of nitrogens with one attached hydrogen (secondary N) is 1. The predicted molar refractivity (Wildman–Crippen MR) is 171 cm³/mol.